The van der Waals surface area contributed by atoms with E-state index in [2.05, 4.69) is 21.2 Å². The number of sulfonamides is 1. The Hall–Kier alpha value is -2.79. The molecule has 0 aromatic heterocycles. The summed E-state index contributed by atoms with van der Waals surface area (Å²) in [6.07, 6.45) is 1.46. The number of rotatable bonds is 10. The van der Waals surface area contributed by atoms with Crippen molar-refractivity contribution in [2.24, 2.45) is 0 Å². The second-order valence-electron chi connectivity index (χ2n) is 10.0. The summed E-state index contributed by atoms with van der Waals surface area (Å²) in [6, 6.07) is 11.8. The van der Waals surface area contributed by atoms with Gasteiger partial charge in [-0.25, -0.2) is 8.42 Å². The smallest absolute Gasteiger partial charge is 0.242 e. The van der Waals surface area contributed by atoms with Gasteiger partial charge in [0.05, 0.1) is 11.9 Å². The van der Waals surface area contributed by atoms with Crippen LogP contribution in [0.25, 0.3) is 0 Å². The van der Waals surface area contributed by atoms with Crippen molar-refractivity contribution in [2.75, 3.05) is 23.9 Å². The molecule has 0 fully saturated rings. The number of carbonyl (C=O) groups excluding carboxylic acids is 2. The van der Waals surface area contributed by atoms with Crippen LogP contribution in [0.1, 0.15) is 46.1 Å². The molecule has 1 heterocycles. The summed E-state index contributed by atoms with van der Waals surface area (Å²) in [6.45, 7) is 7.77. The molecule has 0 aliphatic carbocycles. The van der Waals surface area contributed by atoms with Crippen molar-refractivity contribution in [1.82, 2.24) is 10.2 Å². The number of ether oxygens (including phenoxy) is 2. The molecule has 0 spiro atoms. The van der Waals surface area contributed by atoms with Gasteiger partial charge in [0.25, 0.3) is 0 Å². The highest BCUT2D eigenvalue weighted by Crippen LogP contribution is 2.36. The van der Waals surface area contributed by atoms with E-state index in [-0.39, 0.29) is 44.5 Å². The molecule has 0 saturated carbocycles. The average molecular weight is 597 g/mol. The minimum Gasteiger partial charge on any atom is -0.454 e. The Labute approximate surface area is 227 Å². The molecule has 37 heavy (non-hydrogen) atoms. The number of hydrogen-bond acceptors (Lipinski definition) is 6. The zero-order valence-corrected chi connectivity index (χ0v) is 24.2. The number of nitrogens with zero attached hydrogens (tertiary/aromatic N) is 2. The number of hydrogen-bond donors (Lipinski definition) is 1. The minimum absolute atomic E-state index is 0.0672. The molecule has 202 valence electrons. The number of fused-ring (bicyclic) bond motifs is 1. The van der Waals surface area contributed by atoms with E-state index in [1.54, 1.807) is 25.1 Å². The molecule has 2 amide bonds. The third kappa shape index (κ3) is 8.10. The Morgan fingerprint density at radius 2 is 1.81 bits per heavy atom. The van der Waals surface area contributed by atoms with Crippen molar-refractivity contribution in [3.8, 4) is 11.5 Å². The molecule has 1 aliphatic heterocycles. The quantitative estimate of drug-likeness (QED) is 0.444. The molecule has 2 aromatic carbocycles. The van der Waals surface area contributed by atoms with E-state index in [0.29, 0.717) is 17.2 Å². The lowest BCUT2D eigenvalue weighted by atomic mass is 10.1. The van der Waals surface area contributed by atoms with E-state index in [0.717, 1.165) is 16.3 Å². The first-order valence-electron chi connectivity index (χ1n) is 12.0. The molecular formula is C26H34BrN3O6S. The van der Waals surface area contributed by atoms with Crippen LogP contribution in [-0.2, 0) is 26.2 Å². The molecule has 2 aromatic rings. The highest BCUT2D eigenvalue weighted by Gasteiger charge is 2.29. The lowest BCUT2D eigenvalue weighted by molar-refractivity contribution is -0.141. The first-order valence-corrected chi connectivity index (χ1v) is 14.6. The van der Waals surface area contributed by atoms with E-state index in [9.17, 15) is 18.0 Å². The number of amides is 2. The van der Waals surface area contributed by atoms with Gasteiger partial charge in [0.15, 0.2) is 11.5 Å². The summed E-state index contributed by atoms with van der Waals surface area (Å²) in [4.78, 5) is 27.9. The topological polar surface area (TPSA) is 105 Å². The van der Waals surface area contributed by atoms with Crippen LogP contribution in [0, 0.1) is 0 Å². The SMILES string of the molecule is C[C@@H](C(=O)NC(C)(C)C)N(Cc1cccc(Br)c1)C(=O)CCCN(c1ccc2c(c1)OCO2)S(C)(=O)=O. The lowest BCUT2D eigenvalue weighted by Crippen LogP contribution is -2.52. The van der Waals surface area contributed by atoms with Gasteiger partial charge >= 0.3 is 0 Å². The Morgan fingerprint density at radius 3 is 2.46 bits per heavy atom. The van der Waals surface area contributed by atoms with E-state index in [1.165, 1.54) is 9.21 Å². The third-order valence-electron chi connectivity index (χ3n) is 5.70. The van der Waals surface area contributed by atoms with Crippen LogP contribution >= 0.6 is 15.9 Å². The van der Waals surface area contributed by atoms with Gasteiger partial charge in [-0.1, -0.05) is 28.1 Å². The molecule has 1 atom stereocenters. The Bertz CT molecular complexity index is 1250. The maximum absolute atomic E-state index is 13.4. The fraction of sp³-hybridized carbons (Fsp3) is 0.462. The molecular weight excluding hydrogens is 562 g/mol. The Balaban J connectivity index is 1.74. The zero-order valence-electron chi connectivity index (χ0n) is 21.8. The number of carbonyl (C=O) groups is 2. The van der Waals surface area contributed by atoms with Crippen molar-refractivity contribution < 1.29 is 27.5 Å². The summed E-state index contributed by atoms with van der Waals surface area (Å²) >= 11 is 3.45. The summed E-state index contributed by atoms with van der Waals surface area (Å²) in [5.74, 6) is 0.531. The molecule has 0 saturated heterocycles. The molecule has 1 N–H and O–H groups in total. The second-order valence-corrected chi connectivity index (χ2v) is 12.9. The molecule has 0 unspecified atom stereocenters. The number of benzene rings is 2. The summed E-state index contributed by atoms with van der Waals surface area (Å²) in [5, 5.41) is 2.94. The Kier molecular flexibility index (Phi) is 9.12. The van der Waals surface area contributed by atoms with E-state index < -0.39 is 21.6 Å². The van der Waals surface area contributed by atoms with Crippen molar-refractivity contribution in [3.63, 3.8) is 0 Å². The van der Waals surface area contributed by atoms with Crippen molar-refractivity contribution in [3.05, 3.63) is 52.5 Å². The average Bonchev–Trinajstić information content (AvgIpc) is 3.25. The van der Waals surface area contributed by atoms with Gasteiger partial charge < -0.3 is 19.7 Å². The minimum atomic E-state index is -3.61. The van der Waals surface area contributed by atoms with Crippen LogP contribution in [0.15, 0.2) is 46.9 Å². The van der Waals surface area contributed by atoms with E-state index >= 15 is 0 Å². The van der Waals surface area contributed by atoms with Crippen LogP contribution in [-0.4, -0.2) is 56.3 Å². The maximum Gasteiger partial charge on any atom is 0.242 e. The molecule has 1 aliphatic rings. The van der Waals surface area contributed by atoms with Gasteiger partial charge in [-0.15, -0.1) is 0 Å². The van der Waals surface area contributed by atoms with Gasteiger partial charge in [-0.05, 0) is 63.9 Å². The van der Waals surface area contributed by atoms with Gasteiger partial charge in [-0.2, -0.15) is 0 Å². The summed E-state index contributed by atoms with van der Waals surface area (Å²) in [7, 11) is -3.61. The normalized spacial score (nSPS) is 13.7. The van der Waals surface area contributed by atoms with Crippen molar-refractivity contribution >= 4 is 43.5 Å². The van der Waals surface area contributed by atoms with Crippen LogP contribution in [0.4, 0.5) is 5.69 Å². The molecule has 11 heteroatoms. The van der Waals surface area contributed by atoms with Gasteiger partial charge in [-0.3, -0.25) is 13.9 Å². The maximum atomic E-state index is 13.4. The first-order chi connectivity index (χ1) is 17.2. The first kappa shape index (κ1) is 28.8. The van der Waals surface area contributed by atoms with Gasteiger partial charge in [0.2, 0.25) is 28.6 Å². The fourth-order valence-corrected chi connectivity index (χ4v) is 5.34. The van der Waals surface area contributed by atoms with Crippen LogP contribution in [0.3, 0.4) is 0 Å². The third-order valence-corrected chi connectivity index (χ3v) is 7.39. The molecule has 0 radical (unpaired) electrons. The highest BCUT2D eigenvalue weighted by atomic mass is 79.9. The van der Waals surface area contributed by atoms with Crippen LogP contribution in [0.2, 0.25) is 0 Å². The highest BCUT2D eigenvalue weighted by molar-refractivity contribution is 9.10. The van der Waals surface area contributed by atoms with Gasteiger partial charge in [0.1, 0.15) is 6.04 Å². The largest absolute Gasteiger partial charge is 0.454 e. The second kappa shape index (κ2) is 11.7. The zero-order chi connectivity index (χ0) is 27.4. The van der Waals surface area contributed by atoms with Crippen molar-refractivity contribution in [1.29, 1.82) is 0 Å². The van der Waals surface area contributed by atoms with Gasteiger partial charge in [0, 0.05) is 35.6 Å². The number of nitrogens with one attached hydrogen (secondary N) is 1. The van der Waals surface area contributed by atoms with E-state index in [1.807, 2.05) is 45.0 Å². The predicted molar refractivity (Wildman–Crippen MR) is 146 cm³/mol. The summed E-state index contributed by atoms with van der Waals surface area (Å²) < 4.78 is 37.9. The van der Waals surface area contributed by atoms with Crippen LogP contribution < -0.4 is 19.1 Å². The monoisotopic (exact) mass is 595 g/mol. The summed E-state index contributed by atoms with van der Waals surface area (Å²) in [5.41, 5.74) is 0.857. The fourth-order valence-electron chi connectivity index (χ4n) is 3.93. The molecule has 9 nitrogen and oxygen atoms in total. The molecule has 3 rings (SSSR count). The molecule has 0 bridgehead atoms. The van der Waals surface area contributed by atoms with Crippen LogP contribution in [0.5, 0.6) is 11.5 Å². The number of halogens is 1. The standard InChI is InChI=1S/C26H34BrN3O6S/c1-18(25(32)28-26(2,3)4)29(16-19-8-6-9-20(27)14-19)24(31)10-7-13-30(37(5,33)34)21-11-12-22-23(15-21)36-17-35-22/h6,8-9,11-12,14-15,18H,7,10,13,16-17H2,1-5H3,(H,28,32)/t18-/m0/s1. The number of anilines is 1. The Morgan fingerprint density at radius 1 is 1.11 bits per heavy atom. The van der Waals surface area contributed by atoms with Crippen molar-refractivity contribution in [2.45, 2.75) is 58.7 Å². The lowest BCUT2D eigenvalue weighted by Gasteiger charge is -2.32. The van der Waals surface area contributed by atoms with E-state index in [4.69, 9.17) is 9.47 Å². The predicted octanol–water partition coefficient (Wildman–Crippen LogP) is 4.06.